The zero-order valence-electron chi connectivity index (χ0n) is 20.5. The quantitative estimate of drug-likeness (QED) is 0.243. The van der Waals surface area contributed by atoms with Gasteiger partial charge < -0.3 is 9.64 Å². The Bertz CT molecular complexity index is 1600. The molecule has 1 fully saturated rings. The van der Waals surface area contributed by atoms with Gasteiger partial charge in [0.05, 0.1) is 18.0 Å². The molecule has 6 heteroatoms. The van der Waals surface area contributed by atoms with E-state index >= 15 is 0 Å². The number of thiophene rings is 1. The zero-order valence-corrected chi connectivity index (χ0v) is 21.4. The van der Waals surface area contributed by atoms with E-state index in [4.69, 9.17) is 4.74 Å². The first-order valence-corrected chi connectivity index (χ1v) is 13.4. The van der Waals surface area contributed by atoms with Gasteiger partial charge in [-0.25, -0.2) is 0 Å². The molecule has 186 valence electrons. The van der Waals surface area contributed by atoms with E-state index in [1.165, 1.54) is 11.3 Å². The molecule has 0 bridgehead atoms. The molecule has 0 unspecified atom stereocenters. The second kappa shape index (κ2) is 8.36. The van der Waals surface area contributed by atoms with Crippen molar-refractivity contribution in [3.05, 3.63) is 124 Å². The van der Waals surface area contributed by atoms with Gasteiger partial charge in [0.2, 0.25) is 0 Å². The SMILES string of the molecule is COc1ccc([C@@H]2[C@H](C(=O)c3cccs3)N3c4ccccc4C=C[C@H]3C23C(=O)c2ccccc2C3=O)cc1. The van der Waals surface area contributed by atoms with E-state index in [0.717, 1.165) is 16.8 Å². The number of benzene rings is 3. The number of para-hydroxylation sites is 1. The third kappa shape index (κ3) is 2.89. The molecule has 0 amide bonds. The van der Waals surface area contributed by atoms with Gasteiger partial charge in [0.25, 0.3) is 0 Å². The number of carbonyl (C=O) groups excluding carboxylic acids is 3. The summed E-state index contributed by atoms with van der Waals surface area (Å²) < 4.78 is 5.40. The second-order valence-electron chi connectivity index (χ2n) is 9.88. The third-order valence-electron chi connectivity index (χ3n) is 8.22. The molecular weight excluding hydrogens is 494 g/mol. The van der Waals surface area contributed by atoms with Crippen LogP contribution in [0.3, 0.4) is 0 Å². The van der Waals surface area contributed by atoms with Crippen LogP contribution in [0.4, 0.5) is 5.69 Å². The number of hydrogen-bond donors (Lipinski definition) is 0. The average Bonchev–Trinajstić information content (AvgIpc) is 3.66. The van der Waals surface area contributed by atoms with E-state index in [9.17, 15) is 14.4 Å². The van der Waals surface area contributed by atoms with Crippen LogP contribution in [0.15, 0.2) is 96.4 Å². The summed E-state index contributed by atoms with van der Waals surface area (Å²) in [6, 6.07) is 24.6. The molecule has 1 aromatic heterocycles. The Hall–Kier alpha value is -4.29. The minimum atomic E-state index is -1.49. The third-order valence-corrected chi connectivity index (χ3v) is 9.10. The van der Waals surface area contributed by atoms with Crippen molar-refractivity contribution in [1.82, 2.24) is 0 Å². The summed E-state index contributed by atoms with van der Waals surface area (Å²) in [5, 5.41) is 1.88. The second-order valence-corrected chi connectivity index (χ2v) is 10.8. The predicted molar refractivity (Wildman–Crippen MR) is 147 cm³/mol. The number of fused-ring (bicyclic) bond motifs is 5. The van der Waals surface area contributed by atoms with Crippen LogP contribution in [0.5, 0.6) is 5.75 Å². The van der Waals surface area contributed by atoms with E-state index < -0.39 is 23.4 Å². The monoisotopic (exact) mass is 517 g/mol. The van der Waals surface area contributed by atoms with Crippen molar-refractivity contribution in [2.75, 3.05) is 12.0 Å². The Balaban J connectivity index is 1.55. The van der Waals surface area contributed by atoms with Crippen molar-refractivity contribution in [1.29, 1.82) is 0 Å². The number of ether oxygens (including phenoxy) is 1. The fourth-order valence-electron chi connectivity index (χ4n) is 6.67. The van der Waals surface area contributed by atoms with E-state index in [0.29, 0.717) is 21.8 Å². The van der Waals surface area contributed by atoms with Crippen LogP contribution in [0.25, 0.3) is 6.08 Å². The average molecular weight is 518 g/mol. The Labute approximate surface area is 224 Å². The molecule has 1 spiro atoms. The van der Waals surface area contributed by atoms with Crippen LogP contribution < -0.4 is 9.64 Å². The molecule has 4 aromatic rings. The lowest BCUT2D eigenvalue weighted by molar-refractivity contribution is 0.0666. The molecule has 3 aliphatic rings. The summed E-state index contributed by atoms with van der Waals surface area (Å²) in [7, 11) is 1.60. The largest absolute Gasteiger partial charge is 0.497 e. The van der Waals surface area contributed by atoms with Crippen molar-refractivity contribution in [3.63, 3.8) is 0 Å². The van der Waals surface area contributed by atoms with Gasteiger partial charge in [-0.2, -0.15) is 0 Å². The number of methoxy groups -OCH3 is 1. The van der Waals surface area contributed by atoms with Crippen molar-refractivity contribution < 1.29 is 19.1 Å². The van der Waals surface area contributed by atoms with Crippen molar-refractivity contribution in [2.45, 2.75) is 18.0 Å². The lowest BCUT2D eigenvalue weighted by atomic mass is 9.64. The molecular formula is C32H23NO4S. The van der Waals surface area contributed by atoms with Gasteiger partial charge >= 0.3 is 0 Å². The molecule has 7 rings (SSSR count). The number of rotatable bonds is 4. The smallest absolute Gasteiger partial charge is 0.195 e. The molecule has 3 aromatic carbocycles. The van der Waals surface area contributed by atoms with Gasteiger partial charge in [-0.15, -0.1) is 11.3 Å². The highest BCUT2D eigenvalue weighted by Gasteiger charge is 2.71. The van der Waals surface area contributed by atoms with Gasteiger partial charge in [-0.3, -0.25) is 14.4 Å². The Kier molecular flexibility index (Phi) is 5.03. The minimum Gasteiger partial charge on any atom is -0.497 e. The summed E-state index contributed by atoms with van der Waals surface area (Å²) in [5.74, 6) is -0.586. The minimum absolute atomic E-state index is 0.0932. The number of hydrogen-bond acceptors (Lipinski definition) is 6. The lowest BCUT2D eigenvalue weighted by Crippen LogP contribution is -2.48. The molecule has 38 heavy (non-hydrogen) atoms. The van der Waals surface area contributed by atoms with Gasteiger partial charge in [-0.1, -0.05) is 72.8 Å². The molecule has 0 radical (unpaired) electrons. The topological polar surface area (TPSA) is 63.7 Å². The van der Waals surface area contributed by atoms with E-state index in [1.54, 1.807) is 31.4 Å². The normalized spacial score (nSPS) is 22.3. The Morgan fingerprint density at radius 1 is 0.868 bits per heavy atom. The maximum absolute atomic E-state index is 14.5. The van der Waals surface area contributed by atoms with Gasteiger partial charge in [0.15, 0.2) is 17.3 Å². The molecule has 1 saturated heterocycles. The lowest BCUT2D eigenvalue weighted by Gasteiger charge is -2.37. The fraction of sp³-hybridized carbons (Fsp3) is 0.156. The van der Waals surface area contributed by atoms with E-state index in [1.807, 2.05) is 83.1 Å². The van der Waals surface area contributed by atoms with Crippen molar-refractivity contribution in [3.8, 4) is 5.75 Å². The van der Waals surface area contributed by atoms with Crippen molar-refractivity contribution in [2.24, 2.45) is 5.41 Å². The summed E-state index contributed by atoms with van der Waals surface area (Å²) in [6.45, 7) is 0. The molecule has 0 N–H and O–H groups in total. The van der Waals surface area contributed by atoms with Crippen LogP contribution in [0.2, 0.25) is 0 Å². The number of carbonyl (C=O) groups is 3. The zero-order chi connectivity index (χ0) is 26.0. The maximum Gasteiger partial charge on any atom is 0.195 e. The number of nitrogens with zero attached hydrogens (tertiary/aromatic N) is 1. The number of ketones is 3. The van der Waals surface area contributed by atoms with Crippen LogP contribution >= 0.6 is 11.3 Å². The highest BCUT2D eigenvalue weighted by molar-refractivity contribution is 7.12. The highest BCUT2D eigenvalue weighted by Crippen LogP contribution is 2.61. The van der Waals surface area contributed by atoms with E-state index in [2.05, 4.69) is 0 Å². The molecule has 1 aliphatic carbocycles. The van der Waals surface area contributed by atoms with Crippen molar-refractivity contribution >= 4 is 40.4 Å². The number of Topliss-reactive ketones (excluding diaryl/α,β-unsaturated/α-hetero) is 3. The Morgan fingerprint density at radius 2 is 1.55 bits per heavy atom. The fourth-order valence-corrected chi connectivity index (χ4v) is 7.36. The summed E-state index contributed by atoms with van der Waals surface area (Å²) in [5.41, 5.74) is 1.92. The van der Waals surface area contributed by atoms with E-state index in [-0.39, 0.29) is 17.3 Å². The van der Waals surface area contributed by atoms with Gasteiger partial charge in [0, 0.05) is 22.7 Å². The molecule has 3 heterocycles. The van der Waals surface area contributed by atoms with Gasteiger partial charge in [0.1, 0.15) is 17.2 Å². The first kappa shape index (κ1) is 22.9. The first-order valence-electron chi connectivity index (χ1n) is 12.5. The highest BCUT2D eigenvalue weighted by atomic mass is 32.1. The molecule has 0 saturated carbocycles. The summed E-state index contributed by atoms with van der Waals surface area (Å²) >= 11 is 1.38. The van der Waals surface area contributed by atoms with Crippen LogP contribution in [-0.4, -0.2) is 36.5 Å². The maximum atomic E-state index is 14.5. The standard InChI is InChI=1S/C32H23NO4S/c1-37-21-15-12-20(13-16-21)27-28(29(34)25-11-6-18-38-25)33-24-10-5-2-7-19(24)14-17-26(33)32(27)30(35)22-8-3-4-9-23(22)31(32)36/h2-18,26-28H,1H3/t26-,27+,28+/m0/s1. The predicted octanol–water partition coefficient (Wildman–Crippen LogP) is 6.07. The van der Waals surface area contributed by atoms with Crippen LogP contribution in [0.1, 0.15) is 47.4 Å². The van der Waals surface area contributed by atoms with Gasteiger partial charge in [-0.05, 0) is 40.8 Å². The Morgan fingerprint density at radius 3 is 2.21 bits per heavy atom. The number of anilines is 1. The molecule has 3 atom stereocenters. The first-order chi connectivity index (χ1) is 18.6. The molecule has 2 aliphatic heterocycles. The van der Waals surface area contributed by atoms with Crippen LogP contribution in [0, 0.1) is 5.41 Å². The summed E-state index contributed by atoms with van der Waals surface area (Å²) in [6.07, 6.45) is 3.92. The van der Waals surface area contributed by atoms with Crippen LogP contribution in [-0.2, 0) is 0 Å². The summed E-state index contributed by atoms with van der Waals surface area (Å²) in [4.78, 5) is 46.1. The molecule has 5 nitrogen and oxygen atoms in total.